The van der Waals surface area contributed by atoms with Crippen molar-refractivity contribution in [3.63, 3.8) is 0 Å². The maximum Gasteiger partial charge on any atom is 0.227 e. The monoisotopic (exact) mass is 252 g/mol. The van der Waals surface area contributed by atoms with E-state index in [1.54, 1.807) is 17.0 Å². The molecule has 2 N–H and O–H groups in total. The highest BCUT2D eigenvalue weighted by atomic mass is 19.1. The Bertz CT molecular complexity index is 393. The number of anilines is 1. The summed E-state index contributed by atoms with van der Waals surface area (Å²) < 4.78 is 13.2. The zero-order chi connectivity index (χ0) is 13.5. The van der Waals surface area contributed by atoms with E-state index in [1.165, 1.54) is 12.1 Å². The first-order chi connectivity index (χ1) is 8.54. The molecular weight excluding hydrogens is 231 g/mol. The Morgan fingerprint density at radius 2 is 2.17 bits per heavy atom. The molecule has 0 unspecified atom stereocenters. The third kappa shape index (κ3) is 4.45. The van der Waals surface area contributed by atoms with E-state index < -0.39 is 0 Å². The molecular formula is C14H21FN2O. The Labute approximate surface area is 108 Å². The Hall–Kier alpha value is -1.42. The zero-order valence-electron chi connectivity index (χ0n) is 11.0. The second-order valence-corrected chi connectivity index (χ2v) is 4.77. The molecule has 0 atom stereocenters. The van der Waals surface area contributed by atoms with Gasteiger partial charge in [0.2, 0.25) is 5.91 Å². The minimum Gasteiger partial charge on any atom is -0.330 e. The SMILES string of the molecule is CC(C)CC(=O)N(CCCN)c1cccc(F)c1. The van der Waals surface area contributed by atoms with Gasteiger partial charge in [0, 0.05) is 18.7 Å². The summed E-state index contributed by atoms with van der Waals surface area (Å²) in [6.07, 6.45) is 1.17. The maximum atomic E-state index is 13.2. The highest BCUT2D eigenvalue weighted by Gasteiger charge is 2.16. The normalized spacial score (nSPS) is 10.7. The summed E-state index contributed by atoms with van der Waals surface area (Å²) in [7, 11) is 0. The van der Waals surface area contributed by atoms with Gasteiger partial charge in [-0.15, -0.1) is 0 Å². The number of rotatable bonds is 6. The number of hydrogen-bond donors (Lipinski definition) is 1. The third-order valence-electron chi connectivity index (χ3n) is 2.59. The third-order valence-corrected chi connectivity index (χ3v) is 2.59. The second-order valence-electron chi connectivity index (χ2n) is 4.77. The Morgan fingerprint density at radius 3 is 2.72 bits per heavy atom. The number of nitrogens with zero attached hydrogens (tertiary/aromatic N) is 1. The number of benzene rings is 1. The van der Waals surface area contributed by atoms with Crippen LogP contribution in [0.2, 0.25) is 0 Å². The van der Waals surface area contributed by atoms with E-state index in [9.17, 15) is 9.18 Å². The van der Waals surface area contributed by atoms with Gasteiger partial charge in [-0.1, -0.05) is 19.9 Å². The first kappa shape index (κ1) is 14.6. The Morgan fingerprint density at radius 1 is 1.44 bits per heavy atom. The lowest BCUT2D eigenvalue weighted by Crippen LogP contribution is -2.33. The highest BCUT2D eigenvalue weighted by molar-refractivity contribution is 5.93. The van der Waals surface area contributed by atoms with Crippen LogP contribution in [0.3, 0.4) is 0 Å². The molecule has 1 aromatic carbocycles. The van der Waals surface area contributed by atoms with Gasteiger partial charge in [-0.25, -0.2) is 4.39 Å². The van der Waals surface area contributed by atoms with Gasteiger partial charge in [0.25, 0.3) is 0 Å². The van der Waals surface area contributed by atoms with Gasteiger partial charge in [-0.05, 0) is 37.1 Å². The van der Waals surface area contributed by atoms with E-state index in [-0.39, 0.29) is 17.6 Å². The minimum atomic E-state index is -0.331. The van der Waals surface area contributed by atoms with Gasteiger partial charge in [0.15, 0.2) is 0 Å². The Balaban J connectivity index is 2.86. The summed E-state index contributed by atoms with van der Waals surface area (Å²) in [5, 5.41) is 0. The van der Waals surface area contributed by atoms with Gasteiger partial charge in [-0.2, -0.15) is 0 Å². The molecule has 100 valence electrons. The van der Waals surface area contributed by atoms with Gasteiger partial charge >= 0.3 is 0 Å². The molecule has 0 aromatic heterocycles. The number of halogens is 1. The molecule has 1 rings (SSSR count). The highest BCUT2D eigenvalue weighted by Crippen LogP contribution is 2.18. The predicted molar refractivity (Wildman–Crippen MR) is 71.9 cm³/mol. The molecule has 0 saturated heterocycles. The molecule has 0 spiro atoms. The van der Waals surface area contributed by atoms with Crippen molar-refractivity contribution in [3.05, 3.63) is 30.1 Å². The summed E-state index contributed by atoms with van der Waals surface area (Å²) in [4.78, 5) is 13.8. The fourth-order valence-corrected chi connectivity index (χ4v) is 1.75. The topological polar surface area (TPSA) is 46.3 Å². The summed E-state index contributed by atoms with van der Waals surface area (Å²) in [5.74, 6) is -0.0296. The average molecular weight is 252 g/mol. The molecule has 3 nitrogen and oxygen atoms in total. The largest absolute Gasteiger partial charge is 0.330 e. The molecule has 0 fully saturated rings. The standard InChI is InChI=1S/C14H21FN2O/c1-11(2)9-14(18)17(8-4-7-16)13-6-3-5-12(15)10-13/h3,5-6,10-11H,4,7-9,16H2,1-2H3. The predicted octanol–water partition coefficient (Wildman–Crippen LogP) is 2.55. The molecule has 1 aromatic rings. The maximum absolute atomic E-state index is 13.2. The quantitative estimate of drug-likeness (QED) is 0.845. The van der Waals surface area contributed by atoms with Crippen LogP contribution in [0.25, 0.3) is 0 Å². The van der Waals surface area contributed by atoms with Crippen LogP contribution in [-0.4, -0.2) is 19.0 Å². The number of carbonyl (C=O) groups is 1. The van der Waals surface area contributed by atoms with Crippen molar-refractivity contribution >= 4 is 11.6 Å². The fraction of sp³-hybridized carbons (Fsp3) is 0.500. The molecule has 0 bridgehead atoms. The average Bonchev–Trinajstić information content (AvgIpc) is 2.28. The van der Waals surface area contributed by atoms with Crippen LogP contribution < -0.4 is 10.6 Å². The van der Waals surface area contributed by atoms with E-state index in [0.29, 0.717) is 31.6 Å². The van der Waals surface area contributed by atoms with Crippen molar-refractivity contribution in [1.82, 2.24) is 0 Å². The number of amides is 1. The first-order valence-electron chi connectivity index (χ1n) is 6.30. The summed E-state index contributed by atoms with van der Waals surface area (Å²) >= 11 is 0. The van der Waals surface area contributed by atoms with Gasteiger partial charge in [0.1, 0.15) is 5.82 Å². The van der Waals surface area contributed by atoms with Crippen molar-refractivity contribution < 1.29 is 9.18 Å². The first-order valence-corrected chi connectivity index (χ1v) is 6.30. The van der Waals surface area contributed by atoms with Crippen molar-refractivity contribution in [2.75, 3.05) is 18.0 Å². The number of carbonyl (C=O) groups excluding carboxylic acids is 1. The lowest BCUT2D eigenvalue weighted by atomic mass is 10.1. The Kier molecular flexibility index (Phi) is 5.78. The smallest absolute Gasteiger partial charge is 0.227 e. The molecule has 0 saturated carbocycles. The molecule has 0 aliphatic heterocycles. The summed E-state index contributed by atoms with van der Waals surface area (Å²) in [6.45, 7) is 5.03. The lowest BCUT2D eigenvalue weighted by molar-refractivity contribution is -0.119. The van der Waals surface area contributed by atoms with Crippen LogP contribution in [0.5, 0.6) is 0 Å². The van der Waals surface area contributed by atoms with Crippen LogP contribution in [0.1, 0.15) is 26.7 Å². The van der Waals surface area contributed by atoms with Crippen LogP contribution in [-0.2, 0) is 4.79 Å². The van der Waals surface area contributed by atoms with E-state index in [1.807, 2.05) is 13.8 Å². The van der Waals surface area contributed by atoms with E-state index >= 15 is 0 Å². The molecule has 4 heteroatoms. The fourth-order valence-electron chi connectivity index (χ4n) is 1.75. The number of nitrogens with two attached hydrogens (primary N) is 1. The van der Waals surface area contributed by atoms with Crippen LogP contribution >= 0.6 is 0 Å². The van der Waals surface area contributed by atoms with E-state index in [4.69, 9.17) is 5.73 Å². The molecule has 18 heavy (non-hydrogen) atoms. The van der Waals surface area contributed by atoms with Crippen LogP contribution in [0, 0.1) is 11.7 Å². The molecule has 0 radical (unpaired) electrons. The lowest BCUT2D eigenvalue weighted by Gasteiger charge is -2.23. The minimum absolute atomic E-state index is 0.0176. The van der Waals surface area contributed by atoms with Crippen LogP contribution in [0.15, 0.2) is 24.3 Å². The zero-order valence-corrected chi connectivity index (χ0v) is 11.0. The summed E-state index contributed by atoms with van der Waals surface area (Å²) in [5.41, 5.74) is 6.08. The molecule has 1 amide bonds. The van der Waals surface area contributed by atoms with E-state index in [0.717, 1.165) is 0 Å². The van der Waals surface area contributed by atoms with Gasteiger partial charge in [0.05, 0.1) is 0 Å². The molecule has 0 aliphatic carbocycles. The van der Waals surface area contributed by atoms with Gasteiger partial charge < -0.3 is 10.6 Å². The van der Waals surface area contributed by atoms with Crippen molar-refractivity contribution in [2.45, 2.75) is 26.7 Å². The second kappa shape index (κ2) is 7.11. The molecule has 0 aliphatic rings. The van der Waals surface area contributed by atoms with Crippen molar-refractivity contribution in [3.8, 4) is 0 Å². The van der Waals surface area contributed by atoms with Gasteiger partial charge in [-0.3, -0.25) is 4.79 Å². The van der Waals surface area contributed by atoms with Crippen molar-refractivity contribution in [2.24, 2.45) is 11.7 Å². The van der Waals surface area contributed by atoms with Crippen LogP contribution in [0.4, 0.5) is 10.1 Å². The van der Waals surface area contributed by atoms with E-state index in [2.05, 4.69) is 0 Å². The van der Waals surface area contributed by atoms with Crippen molar-refractivity contribution in [1.29, 1.82) is 0 Å². The number of hydrogen-bond acceptors (Lipinski definition) is 2. The summed E-state index contributed by atoms with van der Waals surface area (Å²) in [6, 6.07) is 6.12. The molecule has 0 heterocycles.